The summed E-state index contributed by atoms with van der Waals surface area (Å²) in [6.45, 7) is 3.73. The van der Waals surface area contributed by atoms with E-state index in [1.165, 1.54) is 17.8 Å². The molecule has 0 fully saturated rings. The fourth-order valence-electron chi connectivity index (χ4n) is 2.12. The summed E-state index contributed by atoms with van der Waals surface area (Å²) in [6.07, 6.45) is 0.976. The highest BCUT2D eigenvalue weighted by Crippen LogP contribution is 2.33. The molecule has 21 heavy (non-hydrogen) atoms. The maximum Gasteiger partial charge on any atom is 0.335 e. The van der Waals surface area contributed by atoms with E-state index in [1.807, 2.05) is 0 Å². The van der Waals surface area contributed by atoms with Gasteiger partial charge in [0.25, 0.3) is 0 Å². The molecule has 1 aromatic carbocycles. The molecule has 0 aliphatic carbocycles. The first-order valence-corrected chi connectivity index (χ1v) is 7.69. The molecular formula is C15H17FN2O2S. The first-order valence-electron chi connectivity index (χ1n) is 6.70. The Labute approximate surface area is 127 Å². The zero-order valence-corrected chi connectivity index (χ0v) is 12.7. The number of halogens is 1. The first kappa shape index (κ1) is 15.6. The molecule has 1 heterocycles. The summed E-state index contributed by atoms with van der Waals surface area (Å²) in [7, 11) is 0. The number of aliphatic carboxylic acids is 1. The summed E-state index contributed by atoms with van der Waals surface area (Å²) >= 11 is 1.51. The molecule has 112 valence electrons. The Morgan fingerprint density at radius 1 is 1.48 bits per heavy atom. The van der Waals surface area contributed by atoms with E-state index in [-0.39, 0.29) is 11.1 Å². The molecule has 0 bridgehead atoms. The van der Waals surface area contributed by atoms with Gasteiger partial charge in [-0.15, -0.1) is 0 Å². The number of amidine groups is 1. The van der Waals surface area contributed by atoms with E-state index in [2.05, 4.69) is 17.2 Å². The maximum absolute atomic E-state index is 14.0. The van der Waals surface area contributed by atoms with Crippen molar-refractivity contribution < 1.29 is 14.3 Å². The number of benzene rings is 1. The van der Waals surface area contributed by atoms with Gasteiger partial charge in [0, 0.05) is 17.0 Å². The van der Waals surface area contributed by atoms with Crippen LogP contribution >= 0.6 is 11.8 Å². The Hall–Kier alpha value is -1.82. The number of nitrogens with zero attached hydrogens (tertiary/aromatic N) is 1. The predicted octanol–water partition coefficient (Wildman–Crippen LogP) is 3.33. The molecule has 1 atom stereocenters. The fourth-order valence-corrected chi connectivity index (χ4v) is 2.92. The third-order valence-electron chi connectivity index (χ3n) is 3.09. The Bertz CT molecular complexity index is 613. The lowest BCUT2D eigenvalue weighted by atomic mass is 9.96. The fraction of sp³-hybridized carbons (Fsp3) is 0.333. The summed E-state index contributed by atoms with van der Waals surface area (Å²) < 4.78 is 14.0. The first-order chi connectivity index (χ1) is 10.0. The van der Waals surface area contributed by atoms with Crippen LogP contribution in [-0.4, -0.2) is 22.0 Å². The number of carboxylic acid groups (broad SMARTS) is 1. The highest BCUT2D eigenvalue weighted by molar-refractivity contribution is 8.13. The van der Waals surface area contributed by atoms with Gasteiger partial charge in [0.15, 0.2) is 5.17 Å². The SMILES string of the molecule is CCCSC1=NC(c2ccccc2F)C(C(=O)O)=C(C)N1. The number of thioether (sulfide) groups is 1. The van der Waals surface area contributed by atoms with E-state index in [1.54, 1.807) is 25.1 Å². The number of carbonyl (C=O) groups is 1. The molecule has 0 saturated carbocycles. The third kappa shape index (κ3) is 3.44. The largest absolute Gasteiger partial charge is 0.478 e. The van der Waals surface area contributed by atoms with Gasteiger partial charge in [-0.2, -0.15) is 0 Å². The average Bonchev–Trinajstić information content (AvgIpc) is 2.44. The van der Waals surface area contributed by atoms with Gasteiger partial charge in [-0.05, 0) is 19.4 Å². The standard InChI is InChI=1S/C15H17FN2O2S/c1-3-8-21-15-17-9(2)12(14(19)20)13(18-15)10-6-4-5-7-11(10)16/h4-7,13H,3,8H2,1-2H3,(H,17,18)(H,19,20). The summed E-state index contributed by atoms with van der Waals surface area (Å²) in [6, 6.07) is 5.34. The summed E-state index contributed by atoms with van der Waals surface area (Å²) in [4.78, 5) is 15.9. The van der Waals surface area contributed by atoms with E-state index in [0.717, 1.165) is 12.2 Å². The molecule has 0 radical (unpaired) electrons. The zero-order valence-electron chi connectivity index (χ0n) is 11.9. The second-order valence-electron chi connectivity index (χ2n) is 4.68. The molecule has 2 N–H and O–H groups in total. The number of hydrogen-bond acceptors (Lipinski definition) is 4. The van der Waals surface area contributed by atoms with Crippen molar-refractivity contribution in [2.45, 2.75) is 26.3 Å². The Morgan fingerprint density at radius 2 is 2.19 bits per heavy atom. The van der Waals surface area contributed by atoms with E-state index >= 15 is 0 Å². The molecule has 4 nitrogen and oxygen atoms in total. The van der Waals surface area contributed by atoms with Gasteiger partial charge in [0.05, 0.1) is 5.57 Å². The molecule has 1 aliphatic heterocycles. The monoisotopic (exact) mass is 308 g/mol. The van der Waals surface area contributed by atoms with Crippen molar-refractivity contribution in [3.8, 4) is 0 Å². The molecule has 1 aromatic rings. The Kier molecular flexibility index (Phi) is 5.01. The molecular weight excluding hydrogens is 291 g/mol. The van der Waals surface area contributed by atoms with Crippen molar-refractivity contribution in [3.63, 3.8) is 0 Å². The van der Waals surface area contributed by atoms with Crippen LogP contribution in [0.2, 0.25) is 0 Å². The Morgan fingerprint density at radius 3 is 2.81 bits per heavy atom. The number of nitrogens with one attached hydrogen (secondary N) is 1. The van der Waals surface area contributed by atoms with Crippen molar-refractivity contribution in [1.29, 1.82) is 0 Å². The van der Waals surface area contributed by atoms with Crippen LogP contribution in [0.3, 0.4) is 0 Å². The van der Waals surface area contributed by atoms with Crippen LogP contribution in [0.5, 0.6) is 0 Å². The van der Waals surface area contributed by atoms with Crippen molar-refractivity contribution in [2.24, 2.45) is 4.99 Å². The minimum atomic E-state index is -1.09. The molecule has 1 unspecified atom stereocenters. The Balaban J connectivity index is 2.44. The molecule has 2 rings (SSSR count). The normalized spacial score (nSPS) is 18.2. The zero-order chi connectivity index (χ0) is 15.4. The smallest absolute Gasteiger partial charge is 0.335 e. The average molecular weight is 308 g/mol. The minimum absolute atomic E-state index is 0.0842. The van der Waals surface area contributed by atoms with Gasteiger partial charge in [0.1, 0.15) is 11.9 Å². The quantitative estimate of drug-likeness (QED) is 0.895. The molecule has 0 saturated heterocycles. The minimum Gasteiger partial charge on any atom is -0.478 e. The van der Waals surface area contributed by atoms with Crippen molar-refractivity contribution in [3.05, 3.63) is 46.9 Å². The van der Waals surface area contributed by atoms with Gasteiger partial charge >= 0.3 is 5.97 Å². The molecule has 0 amide bonds. The molecule has 1 aliphatic rings. The molecule has 0 spiro atoms. The van der Waals surface area contributed by atoms with E-state index in [9.17, 15) is 14.3 Å². The summed E-state index contributed by atoms with van der Waals surface area (Å²) in [5, 5.41) is 13.0. The van der Waals surface area contributed by atoms with Crippen molar-refractivity contribution in [2.75, 3.05) is 5.75 Å². The van der Waals surface area contributed by atoms with Crippen LogP contribution in [0.4, 0.5) is 4.39 Å². The number of aliphatic imine (C=N–C) groups is 1. The highest BCUT2D eigenvalue weighted by atomic mass is 32.2. The lowest BCUT2D eigenvalue weighted by molar-refractivity contribution is -0.133. The number of rotatable bonds is 4. The number of carboxylic acids is 1. The number of hydrogen-bond donors (Lipinski definition) is 2. The van der Waals surface area contributed by atoms with Crippen LogP contribution in [-0.2, 0) is 4.79 Å². The number of allylic oxidation sites excluding steroid dienone is 1. The highest BCUT2D eigenvalue weighted by Gasteiger charge is 2.30. The van der Waals surface area contributed by atoms with E-state index < -0.39 is 17.8 Å². The van der Waals surface area contributed by atoms with Crippen LogP contribution in [0.25, 0.3) is 0 Å². The second kappa shape index (κ2) is 6.76. The predicted molar refractivity (Wildman–Crippen MR) is 82.8 cm³/mol. The van der Waals surface area contributed by atoms with Crippen LogP contribution in [0.1, 0.15) is 31.9 Å². The summed E-state index contributed by atoms with van der Waals surface area (Å²) in [5.41, 5.74) is 0.871. The maximum atomic E-state index is 14.0. The van der Waals surface area contributed by atoms with Gasteiger partial charge in [-0.1, -0.05) is 36.9 Å². The molecule has 6 heteroatoms. The second-order valence-corrected chi connectivity index (χ2v) is 5.76. The van der Waals surface area contributed by atoms with Crippen LogP contribution < -0.4 is 5.32 Å². The van der Waals surface area contributed by atoms with Gasteiger partial charge in [-0.3, -0.25) is 0 Å². The third-order valence-corrected chi connectivity index (χ3v) is 4.18. The van der Waals surface area contributed by atoms with Crippen molar-refractivity contribution >= 4 is 22.9 Å². The van der Waals surface area contributed by atoms with E-state index in [0.29, 0.717) is 10.9 Å². The lowest BCUT2D eigenvalue weighted by Gasteiger charge is -2.24. The topological polar surface area (TPSA) is 61.7 Å². The van der Waals surface area contributed by atoms with Gasteiger partial charge in [0.2, 0.25) is 0 Å². The van der Waals surface area contributed by atoms with Crippen molar-refractivity contribution in [1.82, 2.24) is 5.32 Å². The summed E-state index contributed by atoms with van der Waals surface area (Å²) in [5.74, 6) is -0.665. The van der Waals surface area contributed by atoms with Crippen LogP contribution in [0, 0.1) is 5.82 Å². The van der Waals surface area contributed by atoms with Gasteiger partial charge < -0.3 is 10.4 Å². The lowest BCUT2D eigenvalue weighted by Crippen LogP contribution is -2.30. The van der Waals surface area contributed by atoms with Gasteiger partial charge in [-0.25, -0.2) is 14.2 Å². The van der Waals surface area contributed by atoms with Crippen LogP contribution in [0.15, 0.2) is 40.5 Å². The molecule has 0 aromatic heterocycles. The van der Waals surface area contributed by atoms with E-state index in [4.69, 9.17) is 0 Å².